The van der Waals surface area contributed by atoms with E-state index in [0.717, 1.165) is 0 Å². The van der Waals surface area contributed by atoms with Gasteiger partial charge in [-0.3, -0.25) is 9.59 Å². The molecule has 3 rings (SSSR count). The van der Waals surface area contributed by atoms with Gasteiger partial charge in [-0.05, 0) is 51.0 Å². The highest BCUT2D eigenvalue weighted by atomic mass is 16.7. The summed E-state index contributed by atoms with van der Waals surface area (Å²) in [6.45, 7) is 6.66. The van der Waals surface area contributed by atoms with E-state index in [1.54, 1.807) is 32.0 Å². The summed E-state index contributed by atoms with van der Waals surface area (Å²) in [5.74, 6) is -0.0373. The zero-order valence-corrected chi connectivity index (χ0v) is 18.8. The van der Waals surface area contributed by atoms with E-state index in [1.807, 2.05) is 6.92 Å². The highest BCUT2D eigenvalue weighted by Gasteiger charge is 2.26. The number of amides is 1. The second-order valence-electron chi connectivity index (χ2n) is 7.38. The number of aromatic amines is 1. The summed E-state index contributed by atoms with van der Waals surface area (Å²) in [6.07, 6.45) is 0.579. The van der Waals surface area contributed by atoms with Crippen LogP contribution in [-0.4, -0.2) is 67.7 Å². The Morgan fingerprint density at radius 3 is 2.62 bits per heavy atom. The quantitative estimate of drug-likeness (QED) is 0.341. The van der Waals surface area contributed by atoms with Crippen molar-refractivity contribution in [3.05, 3.63) is 46.3 Å². The third kappa shape index (κ3) is 4.94. The molecule has 1 N–H and O–H groups in total. The topological polar surface area (TPSA) is 107 Å². The standard InChI is InChI=1S/C23H28N2O7/c1-5-30-10-6-9-25(22(27)16-7-8-18-19(11-16)32-13-31-18)12-17(26)20-14(2)21(23(28)29-4)24-15(20)3/h7-8,11,24H,5-6,9-10,12-13H2,1-4H3. The molecule has 2 aromatic rings. The minimum Gasteiger partial charge on any atom is -0.464 e. The van der Waals surface area contributed by atoms with E-state index in [4.69, 9.17) is 18.9 Å². The molecule has 0 saturated carbocycles. The minimum absolute atomic E-state index is 0.109. The highest BCUT2D eigenvalue weighted by Crippen LogP contribution is 2.33. The van der Waals surface area contributed by atoms with Gasteiger partial charge in [0.1, 0.15) is 5.69 Å². The van der Waals surface area contributed by atoms with Crippen LogP contribution < -0.4 is 9.47 Å². The van der Waals surface area contributed by atoms with Crippen molar-refractivity contribution in [1.82, 2.24) is 9.88 Å². The van der Waals surface area contributed by atoms with Gasteiger partial charge in [-0.25, -0.2) is 4.79 Å². The summed E-state index contributed by atoms with van der Waals surface area (Å²) in [4.78, 5) is 42.8. The van der Waals surface area contributed by atoms with Crippen molar-refractivity contribution in [2.75, 3.05) is 40.2 Å². The van der Waals surface area contributed by atoms with Crippen LogP contribution in [0.2, 0.25) is 0 Å². The molecule has 0 saturated heterocycles. The Morgan fingerprint density at radius 1 is 1.16 bits per heavy atom. The number of H-pyrrole nitrogens is 1. The molecule has 0 radical (unpaired) electrons. The van der Waals surface area contributed by atoms with Crippen LogP contribution in [-0.2, 0) is 9.47 Å². The zero-order valence-electron chi connectivity index (χ0n) is 18.8. The predicted molar refractivity (Wildman–Crippen MR) is 116 cm³/mol. The zero-order chi connectivity index (χ0) is 23.3. The van der Waals surface area contributed by atoms with E-state index in [0.29, 0.717) is 60.1 Å². The Kier molecular flexibility index (Phi) is 7.53. The number of Topliss-reactive ketones (excluding diaryl/α,β-unsaturated/α-hetero) is 1. The van der Waals surface area contributed by atoms with Crippen LogP contribution in [0.1, 0.15) is 55.8 Å². The van der Waals surface area contributed by atoms with E-state index in [9.17, 15) is 14.4 Å². The fourth-order valence-corrected chi connectivity index (χ4v) is 3.69. The molecule has 0 spiro atoms. The first kappa shape index (κ1) is 23.3. The van der Waals surface area contributed by atoms with E-state index < -0.39 is 5.97 Å². The maximum atomic E-state index is 13.3. The van der Waals surface area contributed by atoms with E-state index in [-0.39, 0.29) is 30.7 Å². The average molecular weight is 444 g/mol. The predicted octanol–water partition coefficient (Wildman–Crippen LogP) is 2.90. The maximum Gasteiger partial charge on any atom is 0.354 e. The van der Waals surface area contributed by atoms with Gasteiger partial charge in [0.25, 0.3) is 5.91 Å². The molecule has 2 heterocycles. The number of carbonyl (C=O) groups is 3. The second kappa shape index (κ2) is 10.3. The number of nitrogens with one attached hydrogen (secondary N) is 1. The van der Waals surface area contributed by atoms with Crippen molar-refractivity contribution in [1.29, 1.82) is 0 Å². The minimum atomic E-state index is -0.547. The van der Waals surface area contributed by atoms with E-state index >= 15 is 0 Å². The Hall–Kier alpha value is -3.33. The van der Waals surface area contributed by atoms with Crippen LogP contribution in [0.5, 0.6) is 11.5 Å². The number of nitrogens with zero attached hydrogens (tertiary/aromatic N) is 1. The molecule has 1 amide bonds. The number of ketones is 1. The Morgan fingerprint density at radius 2 is 1.91 bits per heavy atom. The number of aromatic nitrogens is 1. The third-order valence-electron chi connectivity index (χ3n) is 5.27. The van der Waals surface area contributed by atoms with Crippen LogP contribution in [0.4, 0.5) is 0 Å². The number of aryl methyl sites for hydroxylation is 1. The molecule has 32 heavy (non-hydrogen) atoms. The van der Waals surface area contributed by atoms with Gasteiger partial charge in [0.2, 0.25) is 6.79 Å². The van der Waals surface area contributed by atoms with Crippen LogP contribution in [0, 0.1) is 13.8 Å². The first-order valence-electron chi connectivity index (χ1n) is 10.4. The fraction of sp³-hybridized carbons (Fsp3) is 0.435. The van der Waals surface area contributed by atoms with Crippen LogP contribution >= 0.6 is 0 Å². The van der Waals surface area contributed by atoms with Crippen molar-refractivity contribution < 1.29 is 33.3 Å². The summed E-state index contributed by atoms with van der Waals surface area (Å²) in [7, 11) is 1.28. The second-order valence-corrected chi connectivity index (χ2v) is 7.38. The number of benzene rings is 1. The van der Waals surface area contributed by atoms with Crippen molar-refractivity contribution >= 4 is 17.7 Å². The van der Waals surface area contributed by atoms with Crippen molar-refractivity contribution in [3.8, 4) is 11.5 Å². The van der Waals surface area contributed by atoms with Crippen molar-refractivity contribution in [2.24, 2.45) is 0 Å². The molecule has 1 aromatic heterocycles. The largest absolute Gasteiger partial charge is 0.464 e. The summed E-state index contributed by atoms with van der Waals surface area (Å²) >= 11 is 0. The lowest BCUT2D eigenvalue weighted by molar-refractivity contribution is 0.0593. The van der Waals surface area contributed by atoms with Gasteiger partial charge in [0.15, 0.2) is 17.3 Å². The fourth-order valence-electron chi connectivity index (χ4n) is 3.69. The first-order valence-corrected chi connectivity index (χ1v) is 10.4. The third-order valence-corrected chi connectivity index (χ3v) is 5.27. The molecule has 1 aliphatic rings. The summed E-state index contributed by atoms with van der Waals surface area (Å²) < 4.78 is 20.8. The van der Waals surface area contributed by atoms with E-state index in [1.165, 1.54) is 12.0 Å². The molecular weight excluding hydrogens is 416 g/mol. The molecular formula is C23H28N2O7. The Bertz CT molecular complexity index is 1010. The average Bonchev–Trinajstić information content (AvgIpc) is 3.37. The lowest BCUT2D eigenvalue weighted by Gasteiger charge is -2.22. The number of rotatable bonds is 10. The highest BCUT2D eigenvalue weighted by molar-refractivity contribution is 6.05. The van der Waals surface area contributed by atoms with Gasteiger partial charge in [0, 0.05) is 36.6 Å². The van der Waals surface area contributed by atoms with Gasteiger partial charge >= 0.3 is 5.97 Å². The smallest absolute Gasteiger partial charge is 0.354 e. The SMILES string of the molecule is CCOCCCN(CC(=O)c1c(C)[nH]c(C(=O)OC)c1C)C(=O)c1ccc2c(c1)OCO2. The normalized spacial score (nSPS) is 12.0. The summed E-state index contributed by atoms with van der Waals surface area (Å²) in [5, 5.41) is 0. The summed E-state index contributed by atoms with van der Waals surface area (Å²) in [5.41, 5.74) is 2.08. The Labute approximate surface area is 186 Å². The lowest BCUT2D eigenvalue weighted by atomic mass is 10.0. The Balaban J connectivity index is 1.83. The molecule has 1 aliphatic heterocycles. The van der Waals surface area contributed by atoms with Gasteiger partial charge < -0.3 is 28.8 Å². The molecule has 0 unspecified atom stereocenters. The molecule has 0 fully saturated rings. The molecule has 0 bridgehead atoms. The molecule has 172 valence electrons. The van der Waals surface area contributed by atoms with Gasteiger partial charge in [-0.2, -0.15) is 0 Å². The summed E-state index contributed by atoms with van der Waals surface area (Å²) in [6, 6.07) is 4.95. The molecule has 1 aromatic carbocycles. The monoisotopic (exact) mass is 444 g/mol. The number of hydrogen-bond acceptors (Lipinski definition) is 7. The molecule has 0 atom stereocenters. The lowest BCUT2D eigenvalue weighted by Crippen LogP contribution is -2.37. The molecule has 0 aliphatic carbocycles. The van der Waals surface area contributed by atoms with Crippen molar-refractivity contribution in [3.63, 3.8) is 0 Å². The van der Waals surface area contributed by atoms with Crippen LogP contribution in [0.15, 0.2) is 18.2 Å². The maximum absolute atomic E-state index is 13.3. The molecule has 9 heteroatoms. The number of fused-ring (bicyclic) bond motifs is 1. The number of carbonyl (C=O) groups excluding carboxylic acids is 3. The van der Waals surface area contributed by atoms with Gasteiger partial charge in [-0.1, -0.05) is 0 Å². The number of methoxy groups -OCH3 is 1. The van der Waals surface area contributed by atoms with Gasteiger partial charge in [-0.15, -0.1) is 0 Å². The number of esters is 1. The van der Waals surface area contributed by atoms with Gasteiger partial charge in [0.05, 0.1) is 13.7 Å². The van der Waals surface area contributed by atoms with Crippen LogP contribution in [0.25, 0.3) is 0 Å². The van der Waals surface area contributed by atoms with Crippen LogP contribution in [0.3, 0.4) is 0 Å². The first-order chi connectivity index (χ1) is 15.4. The number of ether oxygens (including phenoxy) is 4. The van der Waals surface area contributed by atoms with E-state index in [2.05, 4.69) is 4.98 Å². The molecule has 9 nitrogen and oxygen atoms in total. The van der Waals surface area contributed by atoms with Crippen molar-refractivity contribution in [2.45, 2.75) is 27.2 Å². The number of hydrogen-bond donors (Lipinski definition) is 1.